The molecule has 0 atom stereocenters. The third-order valence-electron chi connectivity index (χ3n) is 2.84. The molecule has 7 heteroatoms. The molecule has 1 aromatic rings. The van der Waals surface area contributed by atoms with Gasteiger partial charge in [-0.25, -0.2) is 4.79 Å². The summed E-state index contributed by atoms with van der Waals surface area (Å²) in [6, 6.07) is 0. The summed E-state index contributed by atoms with van der Waals surface area (Å²) in [7, 11) is 0. The smallest absolute Gasteiger partial charge is 0.340 e. The van der Waals surface area contributed by atoms with Crippen LogP contribution in [-0.4, -0.2) is 40.4 Å². The summed E-state index contributed by atoms with van der Waals surface area (Å²) in [6.45, 7) is 4.76. The Kier molecular flexibility index (Phi) is 4.79. The van der Waals surface area contributed by atoms with Crippen molar-refractivity contribution in [1.29, 1.82) is 0 Å². The number of aldehydes is 1. The molecule has 20 heavy (non-hydrogen) atoms. The topological polar surface area (TPSA) is 103 Å². The van der Waals surface area contributed by atoms with Crippen LogP contribution in [0.2, 0.25) is 0 Å². The summed E-state index contributed by atoms with van der Waals surface area (Å²) in [5.41, 5.74) is 0.591. The zero-order valence-electron chi connectivity index (χ0n) is 11.4. The predicted octanol–water partition coefficient (Wildman–Crippen LogP) is 1.21. The van der Waals surface area contributed by atoms with Crippen LogP contribution in [0.5, 0.6) is 0 Å². The van der Waals surface area contributed by atoms with Crippen molar-refractivity contribution in [3.63, 3.8) is 0 Å². The van der Waals surface area contributed by atoms with Gasteiger partial charge in [0.25, 0.3) is 0 Å². The summed E-state index contributed by atoms with van der Waals surface area (Å²) in [5, 5.41) is 8.66. The molecule has 1 rings (SSSR count). The van der Waals surface area contributed by atoms with Crippen LogP contribution in [-0.2, 0) is 9.53 Å². The molecular formula is C13H15NO6. The summed E-state index contributed by atoms with van der Waals surface area (Å²) >= 11 is 0. The predicted molar refractivity (Wildman–Crippen MR) is 68.1 cm³/mol. The summed E-state index contributed by atoms with van der Waals surface area (Å²) < 4.78 is 5.81. The van der Waals surface area contributed by atoms with Crippen LogP contribution >= 0.6 is 0 Å². The van der Waals surface area contributed by atoms with E-state index < -0.39 is 24.3 Å². The van der Waals surface area contributed by atoms with E-state index in [1.165, 1.54) is 13.8 Å². The number of ether oxygens (including phenoxy) is 1. The Morgan fingerprint density at radius 3 is 2.35 bits per heavy atom. The largest absolute Gasteiger partial charge is 0.481 e. The molecule has 0 unspecified atom stereocenters. The minimum atomic E-state index is -1.31. The van der Waals surface area contributed by atoms with E-state index in [9.17, 15) is 19.2 Å². The number of aliphatic carboxylic acids is 1. The number of carbonyl (C=O) groups excluding carboxylic acids is 3. The zero-order chi connectivity index (χ0) is 15.4. The molecule has 7 nitrogen and oxygen atoms in total. The van der Waals surface area contributed by atoms with E-state index in [0.717, 1.165) is 4.57 Å². The molecule has 0 fully saturated rings. The van der Waals surface area contributed by atoms with Gasteiger partial charge in [-0.2, -0.15) is 0 Å². The molecule has 0 aliphatic carbocycles. The SMILES string of the molecule is CCOC(=O)c1c(C)c(C=O)n(C(=O)CC(=O)O)c1C. The van der Waals surface area contributed by atoms with Gasteiger partial charge in [-0.15, -0.1) is 0 Å². The normalized spacial score (nSPS) is 10.2. The minimum Gasteiger partial charge on any atom is -0.481 e. The van der Waals surface area contributed by atoms with Crippen molar-refractivity contribution in [2.24, 2.45) is 0 Å². The average Bonchev–Trinajstić information content (AvgIpc) is 2.59. The van der Waals surface area contributed by atoms with Gasteiger partial charge in [0.15, 0.2) is 6.29 Å². The lowest BCUT2D eigenvalue weighted by molar-refractivity contribution is -0.136. The molecule has 0 bridgehead atoms. The van der Waals surface area contributed by atoms with E-state index >= 15 is 0 Å². The second-order valence-corrected chi connectivity index (χ2v) is 4.11. The maximum atomic E-state index is 11.9. The highest BCUT2D eigenvalue weighted by Crippen LogP contribution is 2.22. The van der Waals surface area contributed by atoms with Crippen LogP contribution in [0, 0.1) is 13.8 Å². The van der Waals surface area contributed by atoms with Gasteiger partial charge < -0.3 is 9.84 Å². The number of rotatable bonds is 5. The molecule has 0 aromatic carbocycles. The Morgan fingerprint density at radius 2 is 1.90 bits per heavy atom. The van der Waals surface area contributed by atoms with Crippen LogP contribution in [0.4, 0.5) is 0 Å². The van der Waals surface area contributed by atoms with Crippen LogP contribution in [0.15, 0.2) is 0 Å². The molecule has 0 saturated carbocycles. The van der Waals surface area contributed by atoms with Crippen molar-refractivity contribution < 1.29 is 29.0 Å². The fraction of sp³-hybridized carbons (Fsp3) is 0.385. The van der Waals surface area contributed by atoms with Crippen molar-refractivity contribution >= 4 is 24.1 Å². The number of carboxylic acids is 1. The van der Waals surface area contributed by atoms with E-state index in [0.29, 0.717) is 11.8 Å². The van der Waals surface area contributed by atoms with Crippen LogP contribution in [0.25, 0.3) is 0 Å². The highest BCUT2D eigenvalue weighted by atomic mass is 16.5. The lowest BCUT2D eigenvalue weighted by atomic mass is 10.1. The molecule has 0 radical (unpaired) electrons. The lowest BCUT2D eigenvalue weighted by Crippen LogP contribution is -2.19. The first-order valence-electron chi connectivity index (χ1n) is 5.94. The first-order chi connectivity index (χ1) is 9.34. The van der Waals surface area contributed by atoms with E-state index in [1.54, 1.807) is 6.92 Å². The van der Waals surface area contributed by atoms with E-state index in [4.69, 9.17) is 9.84 Å². The third-order valence-corrected chi connectivity index (χ3v) is 2.84. The van der Waals surface area contributed by atoms with E-state index in [2.05, 4.69) is 0 Å². The number of carboxylic acid groups (broad SMARTS) is 1. The molecule has 0 spiro atoms. The van der Waals surface area contributed by atoms with Crippen molar-refractivity contribution in [1.82, 2.24) is 4.57 Å². The third kappa shape index (κ3) is 2.76. The van der Waals surface area contributed by atoms with Gasteiger partial charge in [0.1, 0.15) is 6.42 Å². The van der Waals surface area contributed by atoms with Crippen LogP contribution < -0.4 is 0 Å². The maximum absolute atomic E-state index is 11.9. The Bertz CT molecular complexity index is 584. The molecular weight excluding hydrogens is 266 g/mol. The highest BCUT2D eigenvalue weighted by Gasteiger charge is 2.26. The monoisotopic (exact) mass is 281 g/mol. The molecule has 1 aromatic heterocycles. The molecule has 0 saturated heterocycles. The number of hydrogen-bond acceptors (Lipinski definition) is 5. The van der Waals surface area contributed by atoms with Crippen molar-refractivity contribution in [2.45, 2.75) is 27.2 Å². The first kappa shape index (κ1) is 15.6. The van der Waals surface area contributed by atoms with Gasteiger partial charge in [0.2, 0.25) is 5.91 Å². The Balaban J connectivity index is 3.42. The fourth-order valence-electron chi connectivity index (χ4n) is 2.03. The summed E-state index contributed by atoms with van der Waals surface area (Å²) in [4.78, 5) is 45.4. The van der Waals surface area contributed by atoms with Crippen molar-refractivity contribution in [3.8, 4) is 0 Å². The second kappa shape index (κ2) is 6.14. The molecule has 1 N–H and O–H groups in total. The van der Waals surface area contributed by atoms with Crippen molar-refractivity contribution in [3.05, 3.63) is 22.5 Å². The molecule has 0 amide bonds. The maximum Gasteiger partial charge on any atom is 0.340 e. The van der Waals surface area contributed by atoms with Crippen LogP contribution in [0.3, 0.4) is 0 Å². The second-order valence-electron chi connectivity index (χ2n) is 4.11. The minimum absolute atomic E-state index is 0.0307. The zero-order valence-corrected chi connectivity index (χ0v) is 11.4. The van der Waals surface area contributed by atoms with E-state index in [1.807, 2.05) is 0 Å². The Morgan fingerprint density at radius 1 is 1.30 bits per heavy atom. The van der Waals surface area contributed by atoms with Crippen molar-refractivity contribution in [2.75, 3.05) is 6.61 Å². The molecule has 0 aliphatic heterocycles. The van der Waals surface area contributed by atoms with Gasteiger partial charge in [-0.1, -0.05) is 0 Å². The van der Waals surface area contributed by atoms with Gasteiger partial charge in [0.05, 0.1) is 17.9 Å². The molecule has 108 valence electrons. The molecule has 0 aliphatic rings. The average molecular weight is 281 g/mol. The quantitative estimate of drug-likeness (QED) is 0.494. The fourth-order valence-corrected chi connectivity index (χ4v) is 2.03. The van der Waals surface area contributed by atoms with Gasteiger partial charge in [-0.3, -0.25) is 19.0 Å². The summed E-state index contributed by atoms with van der Waals surface area (Å²) in [6.07, 6.45) is -0.344. The van der Waals surface area contributed by atoms with Gasteiger partial charge in [-0.05, 0) is 26.3 Å². The number of hydrogen-bond donors (Lipinski definition) is 1. The van der Waals surface area contributed by atoms with E-state index in [-0.39, 0.29) is 23.6 Å². The Hall–Kier alpha value is -2.44. The molecule has 1 heterocycles. The standard InChI is InChI=1S/C13H15NO6/c1-4-20-13(19)12-7(2)9(6-15)14(8(12)3)10(16)5-11(17)18/h6H,4-5H2,1-3H3,(H,17,18). The van der Waals surface area contributed by atoms with Gasteiger partial charge >= 0.3 is 11.9 Å². The highest BCUT2D eigenvalue weighted by molar-refractivity contribution is 6.02. The Labute approximate surface area is 115 Å². The summed E-state index contributed by atoms with van der Waals surface area (Å²) in [5.74, 6) is -2.74. The number of esters is 1. The number of aromatic nitrogens is 1. The van der Waals surface area contributed by atoms with Gasteiger partial charge in [0, 0.05) is 5.69 Å². The first-order valence-corrected chi connectivity index (χ1v) is 5.94. The lowest BCUT2D eigenvalue weighted by Gasteiger charge is -2.05. The number of carbonyl (C=O) groups is 4. The number of nitrogens with zero attached hydrogens (tertiary/aromatic N) is 1. The van der Waals surface area contributed by atoms with Crippen LogP contribution in [0.1, 0.15) is 50.2 Å².